The lowest BCUT2D eigenvalue weighted by Gasteiger charge is -2.30. The van der Waals surface area contributed by atoms with Crippen molar-refractivity contribution in [3.63, 3.8) is 0 Å². The Hall–Kier alpha value is -3.11. The van der Waals surface area contributed by atoms with Crippen LogP contribution in [0.2, 0.25) is 0 Å². The fourth-order valence-corrected chi connectivity index (χ4v) is 5.04. The Labute approximate surface area is 180 Å². The molecule has 1 saturated carbocycles. The van der Waals surface area contributed by atoms with Crippen LogP contribution in [0.3, 0.4) is 0 Å². The molecule has 1 aromatic carbocycles. The van der Waals surface area contributed by atoms with Crippen LogP contribution in [0.25, 0.3) is 11.6 Å². The molecular formula is C21H23N5O4S. The second-order valence-electron chi connectivity index (χ2n) is 7.42. The Morgan fingerprint density at radius 2 is 1.81 bits per heavy atom. The Morgan fingerprint density at radius 3 is 2.48 bits per heavy atom. The molecule has 2 aromatic heterocycles. The SMILES string of the molecule is CN(C1CCCCC1)S(=O)(=O)c1ccc(C(=O)Nc2nnc(-c3ccccn3)o2)cc1. The first kappa shape index (κ1) is 21.1. The van der Waals surface area contributed by atoms with Gasteiger partial charge in [0.2, 0.25) is 10.0 Å². The summed E-state index contributed by atoms with van der Waals surface area (Å²) in [4.78, 5) is 16.8. The maximum atomic E-state index is 12.9. The summed E-state index contributed by atoms with van der Waals surface area (Å²) in [5.41, 5.74) is 0.768. The van der Waals surface area contributed by atoms with Crippen molar-refractivity contribution in [3.8, 4) is 11.6 Å². The highest BCUT2D eigenvalue weighted by atomic mass is 32.2. The molecule has 1 fully saturated rings. The lowest BCUT2D eigenvalue weighted by atomic mass is 9.96. The Kier molecular flexibility index (Phi) is 6.10. The van der Waals surface area contributed by atoms with E-state index in [9.17, 15) is 13.2 Å². The first-order chi connectivity index (χ1) is 14.9. The normalized spacial score (nSPS) is 15.2. The molecule has 0 unspecified atom stereocenters. The van der Waals surface area contributed by atoms with Gasteiger partial charge in [-0.1, -0.05) is 30.4 Å². The van der Waals surface area contributed by atoms with Crippen LogP contribution in [-0.4, -0.2) is 46.9 Å². The zero-order chi connectivity index (χ0) is 21.8. The van der Waals surface area contributed by atoms with Gasteiger partial charge in [0, 0.05) is 24.8 Å². The van der Waals surface area contributed by atoms with E-state index in [1.54, 1.807) is 31.4 Å². The van der Waals surface area contributed by atoms with Gasteiger partial charge in [-0.2, -0.15) is 4.31 Å². The van der Waals surface area contributed by atoms with Crippen LogP contribution in [0.1, 0.15) is 42.5 Å². The molecule has 9 nitrogen and oxygen atoms in total. The van der Waals surface area contributed by atoms with Gasteiger partial charge in [-0.15, -0.1) is 5.10 Å². The van der Waals surface area contributed by atoms with Crippen molar-refractivity contribution in [2.45, 2.75) is 43.0 Å². The topological polar surface area (TPSA) is 118 Å². The molecule has 2 heterocycles. The standard InChI is InChI=1S/C21H23N5O4S/c1-26(16-7-3-2-4-8-16)31(28,29)17-12-10-15(11-13-17)19(27)23-21-25-24-20(30-21)18-9-5-6-14-22-18/h5-6,9-14,16H,2-4,7-8H2,1H3,(H,23,25,27). The zero-order valence-corrected chi connectivity index (χ0v) is 17.9. The van der Waals surface area contributed by atoms with Gasteiger partial charge < -0.3 is 4.42 Å². The number of nitrogens with one attached hydrogen (secondary N) is 1. The minimum absolute atomic E-state index is 0.0209. The number of hydrogen-bond donors (Lipinski definition) is 1. The second-order valence-corrected chi connectivity index (χ2v) is 9.42. The zero-order valence-electron chi connectivity index (χ0n) is 17.1. The monoisotopic (exact) mass is 441 g/mol. The highest BCUT2D eigenvalue weighted by Crippen LogP contribution is 2.26. The maximum Gasteiger partial charge on any atom is 0.322 e. The third kappa shape index (κ3) is 4.64. The van der Waals surface area contributed by atoms with Gasteiger partial charge in [0.1, 0.15) is 5.69 Å². The van der Waals surface area contributed by atoms with Gasteiger partial charge in [-0.25, -0.2) is 8.42 Å². The molecule has 0 spiro atoms. The molecule has 0 radical (unpaired) electrons. The number of carbonyl (C=O) groups excluding carboxylic acids is 1. The van der Waals surface area contributed by atoms with Crippen molar-refractivity contribution in [3.05, 3.63) is 54.2 Å². The number of carbonyl (C=O) groups is 1. The third-order valence-corrected chi connectivity index (χ3v) is 7.34. The van der Waals surface area contributed by atoms with Gasteiger partial charge in [-0.05, 0) is 49.2 Å². The molecule has 1 amide bonds. The second kappa shape index (κ2) is 8.94. The Morgan fingerprint density at radius 1 is 1.06 bits per heavy atom. The molecule has 1 aliphatic carbocycles. The van der Waals surface area contributed by atoms with Crippen molar-refractivity contribution in [2.75, 3.05) is 12.4 Å². The number of nitrogens with zero attached hydrogens (tertiary/aromatic N) is 4. The van der Waals surface area contributed by atoms with Gasteiger partial charge in [0.15, 0.2) is 0 Å². The molecular weight excluding hydrogens is 418 g/mol. The van der Waals surface area contributed by atoms with E-state index in [0.717, 1.165) is 32.1 Å². The van der Waals surface area contributed by atoms with E-state index in [1.807, 2.05) is 0 Å². The molecule has 4 rings (SSSR count). The summed E-state index contributed by atoms with van der Waals surface area (Å²) in [6.07, 6.45) is 6.58. The smallest absolute Gasteiger partial charge is 0.322 e. The lowest BCUT2D eigenvalue weighted by molar-refractivity contribution is 0.102. The third-order valence-electron chi connectivity index (χ3n) is 5.41. The van der Waals surface area contributed by atoms with E-state index in [2.05, 4.69) is 20.5 Å². The van der Waals surface area contributed by atoms with E-state index >= 15 is 0 Å². The number of rotatable bonds is 6. The summed E-state index contributed by atoms with van der Waals surface area (Å²) in [6.45, 7) is 0. The minimum Gasteiger partial charge on any atom is -0.401 e. The lowest BCUT2D eigenvalue weighted by Crippen LogP contribution is -2.38. The molecule has 1 aliphatic rings. The van der Waals surface area contributed by atoms with Crippen LogP contribution >= 0.6 is 0 Å². The molecule has 0 atom stereocenters. The number of anilines is 1. The number of aromatic nitrogens is 3. The van der Waals surface area contributed by atoms with Gasteiger partial charge in [-0.3, -0.25) is 15.1 Å². The fourth-order valence-electron chi connectivity index (χ4n) is 3.62. The highest BCUT2D eigenvalue weighted by molar-refractivity contribution is 7.89. The number of amides is 1. The summed E-state index contributed by atoms with van der Waals surface area (Å²) in [5, 5.41) is 10.2. The first-order valence-electron chi connectivity index (χ1n) is 10.1. The van der Waals surface area contributed by atoms with Gasteiger partial charge in [0.05, 0.1) is 4.90 Å². The molecule has 0 aliphatic heterocycles. The highest BCUT2D eigenvalue weighted by Gasteiger charge is 2.29. The predicted octanol–water partition coefficient (Wildman–Crippen LogP) is 3.34. The van der Waals surface area contributed by atoms with Crippen molar-refractivity contribution < 1.29 is 17.6 Å². The molecule has 1 N–H and O–H groups in total. The number of benzene rings is 1. The Bertz CT molecular complexity index is 1140. The molecule has 162 valence electrons. The summed E-state index contributed by atoms with van der Waals surface area (Å²) >= 11 is 0. The Balaban J connectivity index is 1.44. The molecule has 10 heteroatoms. The fraction of sp³-hybridized carbons (Fsp3) is 0.333. The van der Waals surface area contributed by atoms with Crippen LogP contribution in [-0.2, 0) is 10.0 Å². The van der Waals surface area contributed by atoms with E-state index in [-0.39, 0.29) is 28.4 Å². The van der Waals surface area contributed by atoms with Gasteiger partial charge in [0.25, 0.3) is 11.8 Å². The van der Waals surface area contributed by atoms with Crippen LogP contribution in [0, 0.1) is 0 Å². The number of pyridine rings is 1. The summed E-state index contributed by atoms with van der Waals surface area (Å²) in [6, 6.07) is 11.0. The van der Waals surface area contributed by atoms with Crippen LogP contribution in [0.5, 0.6) is 0 Å². The van der Waals surface area contributed by atoms with Crippen molar-refractivity contribution in [1.29, 1.82) is 0 Å². The van der Waals surface area contributed by atoms with Gasteiger partial charge >= 0.3 is 6.01 Å². The summed E-state index contributed by atoms with van der Waals surface area (Å²) < 4.78 is 32.7. The molecule has 3 aromatic rings. The first-order valence-corrected chi connectivity index (χ1v) is 11.5. The van der Waals surface area contributed by atoms with Crippen molar-refractivity contribution >= 4 is 21.9 Å². The molecule has 0 bridgehead atoms. The minimum atomic E-state index is -3.61. The quantitative estimate of drug-likeness (QED) is 0.623. The number of hydrogen-bond acceptors (Lipinski definition) is 7. The summed E-state index contributed by atoms with van der Waals surface area (Å²) in [5.74, 6) is -0.302. The predicted molar refractivity (Wildman–Crippen MR) is 114 cm³/mol. The molecule has 0 saturated heterocycles. The molecule has 31 heavy (non-hydrogen) atoms. The largest absolute Gasteiger partial charge is 0.401 e. The van der Waals surface area contributed by atoms with E-state index in [0.29, 0.717) is 5.69 Å². The van der Waals surface area contributed by atoms with E-state index in [4.69, 9.17) is 4.42 Å². The van der Waals surface area contributed by atoms with E-state index < -0.39 is 15.9 Å². The van der Waals surface area contributed by atoms with Crippen molar-refractivity contribution in [1.82, 2.24) is 19.5 Å². The van der Waals surface area contributed by atoms with E-state index in [1.165, 1.54) is 28.6 Å². The number of sulfonamides is 1. The summed E-state index contributed by atoms with van der Waals surface area (Å²) in [7, 11) is -1.99. The van der Waals surface area contributed by atoms with Crippen LogP contribution in [0.15, 0.2) is 58.0 Å². The van der Waals surface area contributed by atoms with Crippen molar-refractivity contribution in [2.24, 2.45) is 0 Å². The van der Waals surface area contributed by atoms with Crippen LogP contribution in [0.4, 0.5) is 6.01 Å². The van der Waals surface area contributed by atoms with Crippen LogP contribution < -0.4 is 5.32 Å². The average Bonchev–Trinajstić information content (AvgIpc) is 3.28. The average molecular weight is 442 g/mol. The maximum absolute atomic E-state index is 12.9.